The predicted molar refractivity (Wildman–Crippen MR) is 210 cm³/mol. The second-order valence-electron chi connectivity index (χ2n) is 14.1. The van der Waals surface area contributed by atoms with Gasteiger partial charge < -0.3 is 8.98 Å². The Labute approximate surface area is 294 Å². The van der Waals surface area contributed by atoms with Crippen molar-refractivity contribution in [3.8, 4) is 39.5 Å². The highest BCUT2D eigenvalue weighted by molar-refractivity contribution is 6.18. The molecule has 1 aliphatic carbocycles. The quantitative estimate of drug-likeness (QED) is 0.191. The standard InChI is InChI=1S/C47H31N3O/c1-47(2)36-26-24-32-31-14-7-10-18-38(31)50(45(32)41(36)35-25-27-40-42(43(35)47)34-16-8-11-19-39(34)51-40)30-22-20-29(21-23-30)46-48-37-17-9-6-15-33(37)44(49-46)28-12-4-3-5-13-28/h3-27H,1-2H3. The summed E-state index contributed by atoms with van der Waals surface area (Å²) in [6, 6.07) is 53.7. The van der Waals surface area contributed by atoms with Crippen molar-refractivity contribution in [2.24, 2.45) is 0 Å². The van der Waals surface area contributed by atoms with Crippen molar-refractivity contribution in [3.05, 3.63) is 163 Å². The molecule has 0 saturated heterocycles. The highest BCUT2D eigenvalue weighted by Crippen LogP contribution is 2.56. The first kappa shape index (κ1) is 28.3. The lowest BCUT2D eigenvalue weighted by Gasteiger charge is -2.22. The van der Waals surface area contributed by atoms with E-state index in [4.69, 9.17) is 14.4 Å². The van der Waals surface area contributed by atoms with Gasteiger partial charge in [0, 0.05) is 54.7 Å². The molecule has 3 heterocycles. The Morgan fingerprint density at radius 2 is 1.27 bits per heavy atom. The van der Waals surface area contributed by atoms with Gasteiger partial charge in [-0.25, -0.2) is 9.97 Å². The fourth-order valence-corrected chi connectivity index (χ4v) is 8.71. The first-order chi connectivity index (χ1) is 25.1. The number of hydrogen-bond acceptors (Lipinski definition) is 3. The summed E-state index contributed by atoms with van der Waals surface area (Å²) in [4.78, 5) is 10.2. The number of aromatic nitrogens is 3. The maximum Gasteiger partial charge on any atom is 0.160 e. The average molecular weight is 654 g/mol. The normalized spacial score (nSPS) is 13.5. The monoisotopic (exact) mass is 653 g/mol. The highest BCUT2D eigenvalue weighted by atomic mass is 16.3. The van der Waals surface area contributed by atoms with E-state index in [0.29, 0.717) is 5.82 Å². The van der Waals surface area contributed by atoms with Crippen LogP contribution in [0.3, 0.4) is 0 Å². The lowest BCUT2D eigenvalue weighted by atomic mass is 9.80. The number of hydrogen-bond donors (Lipinski definition) is 0. The third-order valence-corrected chi connectivity index (χ3v) is 11.0. The van der Waals surface area contributed by atoms with Gasteiger partial charge in [0.15, 0.2) is 5.82 Å². The molecule has 7 aromatic carbocycles. The molecular weight excluding hydrogens is 623 g/mol. The molecule has 0 atom stereocenters. The van der Waals surface area contributed by atoms with E-state index in [1.165, 1.54) is 54.8 Å². The van der Waals surface area contributed by atoms with Crippen LogP contribution in [0.1, 0.15) is 25.0 Å². The molecule has 0 radical (unpaired) electrons. The van der Waals surface area contributed by atoms with Crippen LogP contribution in [-0.4, -0.2) is 14.5 Å². The van der Waals surface area contributed by atoms with Gasteiger partial charge in [-0.05, 0) is 65.2 Å². The molecular formula is C47H31N3O. The van der Waals surface area contributed by atoms with Crippen molar-refractivity contribution in [2.75, 3.05) is 0 Å². The molecule has 1 aliphatic rings. The summed E-state index contributed by atoms with van der Waals surface area (Å²) in [5, 5.41) is 5.93. The van der Waals surface area contributed by atoms with Crippen molar-refractivity contribution in [1.29, 1.82) is 0 Å². The molecule has 0 saturated carbocycles. The maximum atomic E-state index is 6.39. The number of benzene rings is 7. The molecule has 51 heavy (non-hydrogen) atoms. The summed E-state index contributed by atoms with van der Waals surface area (Å²) in [5.74, 6) is 0.717. The highest BCUT2D eigenvalue weighted by Gasteiger charge is 2.40. The van der Waals surface area contributed by atoms with Crippen LogP contribution in [0, 0.1) is 0 Å². The smallest absolute Gasteiger partial charge is 0.160 e. The second kappa shape index (κ2) is 10.3. The maximum absolute atomic E-state index is 6.39. The molecule has 0 bridgehead atoms. The fraction of sp³-hybridized carbons (Fsp3) is 0.0638. The number of rotatable bonds is 3. The van der Waals surface area contributed by atoms with Crippen LogP contribution < -0.4 is 0 Å². The minimum Gasteiger partial charge on any atom is -0.456 e. The topological polar surface area (TPSA) is 43.9 Å². The van der Waals surface area contributed by atoms with E-state index >= 15 is 0 Å². The van der Waals surface area contributed by atoms with Gasteiger partial charge in [-0.2, -0.15) is 0 Å². The van der Waals surface area contributed by atoms with Crippen molar-refractivity contribution in [3.63, 3.8) is 0 Å². The summed E-state index contributed by atoms with van der Waals surface area (Å²) in [6.07, 6.45) is 0. The molecule has 0 aliphatic heterocycles. The van der Waals surface area contributed by atoms with Gasteiger partial charge in [-0.3, -0.25) is 0 Å². The molecule has 4 heteroatoms. The average Bonchev–Trinajstić information content (AvgIpc) is 3.80. The molecule has 0 unspecified atom stereocenters. The van der Waals surface area contributed by atoms with Crippen molar-refractivity contribution >= 4 is 54.6 Å². The van der Waals surface area contributed by atoms with Crippen LogP contribution in [0.15, 0.2) is 156 Å². The SMILES string of the molecule is CC1(C)c2ccc3c4ccccc4n(-c4ccc(-c5nc(-c6ccccc6)c6ccccc6n5)cc4)c3c2-c2ccc3oc4ccccc4c3c21. The van der Waals surface area contributed by atoms with Crippen molar-refractivity contribution in [1.82, 2.24) is 14.5 Å². The Bertz CT molecular complexity index is 3040. The minimum absolute atomic E-state index is 0.222. The molecule has 0 spiro atoms. The molecule has 0 fully saturated rings. The Morgan fingerprint density at radius 1 is 0.549 bits per heavy atom. The summed E-state index contributed by atoms with van der Waals surface area (Å²) >= 11 is 0. The molecule has 0 N–H and O–H groups in total. The third kappa shape index (κ3) is 3.90. The first-order valence-corrected chi connectivity index (χ1v) is 17.5. The van der Waals surface area contributed by atoms with Crippen LogP contribution in [-0.2, 0) is 5.41 Å². The molecule has 240 valence electrons. The molecule has 4 nitrogen and oxygen atoms in total. The summed E-state index contributed by atoms with van der Waals surface area (Å²) in [6.45, 7) is 4.72. The lowest BCUT2D eigenvalue weighted by Crippen LogP contribution is -2.15. The van der Waals surface area contributed by atoms with E-state index in [0.717, 1.165) is 44.6 Å². The number of nitrogens with zero attached hydrogens (tertiary/aromatic N) is 3. The van der Waals surface area contributed by atoms with Crippen LogP contribution in [0.5, 0.6) is 0 Å². The zero-order chi connectivity index (χ0) is 33.8. The predicted octanol–water partition coefficient (Wildman–Crippen LogP) is 12.3. The van der Waals surface area contributed by atoms with Gasteiger partial charge in [-0.15, -0.1) is 0 Å². The van der Waals surface area contributed by atoms with Crippen molar-refractivity contribution in [2.45, 2.75) is 19.3 Å². The second-order valence-corrected chi connectivity index (χ2v) is 14.1. The summed E-state index contributed by atoms with van der Waals surface area (Å²) in [5.41, 5.74) is 14.3. The Balaban J connectivity index is 1.14. The number of furan rings is 1. The largest absolute Gasteiger partial charge is 0.456 e. The van der Waals surface area contributed by atoms with E-state index < -0.39 is 0 Å². The van der Waals surface area contributed by atoms with E-state index in [2.05, 4.69) is 152 Å². The van der Waals surface area contributed by atoms with E-state index in [1.807, 2.05) is 18.2 Å². The summed E-state index contributed by atoms with van der Waals surface area (Å²) < 4.78 is 8.84. The minimum atomic E-state index is -0.222. The van der Waals surface area contributed by atoms with Crippen LogP contribution in [0.4, 0.5) is 0 Å². The van der Waals surface area contributed by atoms with E-state index in [-0.39, 0.29) is 5.41 Å². The third-order valence-electron chi connectivity index (χ3n) is 11.0. The van der Waals surface area contributed by atoms with Gasteiger partial charge in [-0.1, -0.05) is 117 Å². The number of fused-ring (bicyclic) bond motifs is 12. The Morgan fingerprint density at radius 3 is 2.12 bits per heavy atom. The van der Waals surface area contributed by atoms with Gasteiger partial charge in [0.2, 0.25) is 0 Å². The van der Waals surface area contributed by atoms with Crippen molar-refractivity contribution < 1.29 is 4.42 Å². The zero-order valence-corrected chi connectivity index (χ0v) is 28.2. The zero-order valence-electron chi connectivity index (χ0n) is 28.2. The molecule has 0 amide bonds. The van der Waals surface area contributed by atoms with Gasteiger partial charge in [0.25, 0.3) is 0 Å². The van der Waals surface area contributed by atoms with E-state index in [9.17, 15) is 0 Å². The van der Waals surface area contributed by atoms with E-state index in [1.54, 1.807) is 0 Å². The Hall–Kier alpha value is -6.52. The Kier molecular flexibility index (Phi) is 5.70. The van der Waals surface area contributed by atoms with Gasteiger partial charge >= 0.3 is 0 Å². The fourth-order valence-electron chi connectivity index (χ4n) is 8.71. The molecule has 3 aromatic heterocycles. The number of para-hydroxylation sites is 3. The summed E-state index contributed by atoms with van der Waals surface area (Å²) in [7, 11) is 0. The van der Waals surface area contributed by atoms with Gasteiger partial charge in [0.1, 0.15) is 11.2 Å². The molecule has 11 rings (SSSR count). The lowest BCUT2D eigenvalue weighted by molar-refractivity contribution is 0.657. The van der Waals surface area contributed by atoms with Crippen LogP contribution in [0.2, 0.25) is 0 Å². The van der Waals surface area contributed by atoms with Crippen LogP contribution >= 0.6 is 0 Å². The first-order valence-electron chi connectivity index (χ1n) is 17.5. The van der Waals surface area contributed by atoms with Crippen LogP contribution in [0.25, 0.3) is 94.1 Å². The van der Waals surface area contributed by atoms with Gasteiger partial charge in [0.05, 0.1) is 22.2 Å². The molecule has 10 aromatic rings.